The van der Waals surface area contributed by atoms with Crippen molar-refractivity contribution in [2.24, 2.45) is 0 Å². The third-order valence-corrected chi connectivity index (χ3v) is 8.64. The van der Waals surface area contributed by atoms with Gasteiger partial charge in [0.15, 0.2) is 0 Å². The Bertz CT molecular complexity index is 1860. The summed E-state index contributed by atoms with van der Waals surface area (Å²) in [4.78, 5) is 59.4. The summed E-state index contributed by atoms with van der Waals surface area (Å²) in [5, 5.41) is 0. The molecule has 4 rings (SSSR count). The van der Waals surface area contributed by atoms with E-state index in [4.69, 9.17) is 4.74 Å². The maximum atomic E-state index is 14.0. The highest BCUT2D eigenvalue weighted by Crippen LogP contribution is 2.21. The Hall–Kier alpha value is -5.24. The molecule has 0 atom stereocenters. The van der Waals surface area contributed by atoms with Gasteiger partial charge >= 0.3 is 5.97 Å². The molecular weight excluding hydrogens is 651 g/mol. The minimum atomic E-state index is -0.614. The molecule has 8 nitrogen and oxygen atoms in total. The number of benzene rings is 4. The average molecular weight is 704 g/mol. The molecule has 0 unspecified atom stereocenters. The quantitative estimate of drug-likeness (QED) is 0.130. The van der Waals surface area contributed by atoms with Crippen molar-refractivity contribution < 1.29 is 23.9 Å². The lowest BCUT2D eigenvalue weighted by Gasteiger charge is -2.29. The topological polar surface area (TPSA) is 87.2 Å². The Morgan fingerprint density at radius 2 is 0.808 bits per heavy atom. The third kappa shape index (κ3) is 10.6. The van der Waals surface area contributed by atoms with E-state index in [0.717, 1.165) is 16.7 Å². The number of esters is 1. The van der Waals surface area contributed by atoms with Gasteiger partial charge in [0.05, 0.1) is 5.56 Å². The molecule has 0 radical (unpaired) electrons. The Kier molecular flexibility index (Phi) is 13.2. The standard InChI is InChI=1S/C44H53N3O5/c1-30(2)45(40(48)36-19-11-10-12-20-36)27-33-16-13-21-37(24-33)41(49)46(31(3)4)28-34-17-14-22-38(25-34)42(50)47(32(5)6)29-35-18-15-23-39(26-35)43(51)52-44(7,8)9/h10-26,30-32H,27-29H2,1-9H3. The Morgan fingerprint density at radius 1 is 0.481 bits per heavy atom. The second-order valence-corrected chi connectivity index (χ2v) is 15.0. The van der Waals surface area contributed by atoms with Crippen LogP contribution >= 0.6 is 0 Å². The number of rotatable bonds is 13. The summed E-state index contributed by atoms with van der Waals surface area (Å²) in [6.45, 7) is 18.3. The largest absolute Gasteiger partial charge is 0.456 e. The highest BCUT2D eigenvalue weighted by Gasteiger charge is 2.25. The fraction of sp³-hybridized carbons (Fsp3) is 0.364. The minimum Gasteiger partial charge on any atom is -0.456 e. The van der Waals surface area contributed by atoms with Gasteiger partial charge in [0, 0.05) is 54.5 Å². The number of hydrogen-bond donors (Lipinski definition) is 0. The van der Waals surface area contributed by atoms with Gasteiger partial charge in [0.1, 0.15) is 5.60 Å². The number of amides is 3. The van der Waals surface area contributed by atoms with Gasteiger partial charge in [-0.15, -0.1) is 0 Å². The number of hydrogen-bond acceptors (Lipinski definition) is 5. The van der Waals surface area contributed by atoms with Crippen molar-refractivity contribution in [1.82, 2.24) is 14.7 Å². The summed E-state index contributed by atoms with van der Waals surface area (Å²) in [7, 11) is 0. The predicted molar refractivity (Wildman–Crippen MR) is 206 cm³/mol. The average Bonchev–Trinajstić information content (AvgIpc) is 3.10. The van der Waals surface area contributed by atoms with Crippen molar-refractivity contribution in [3.05, 3.63) is 142 Å². The molecular formula is C44H53N3O5. The molecule has 0 aromatic heterocycles. The lowest BCUT2D eigenvalue weighted by molar-refractivity contribution is 0.00689. The molecule has 8 heteroatoms. The summed E-state index contributed by atoms with van der Waals surface area (Å²) >= 11 is 0. The zero-order valence-electron chi connectivity index (χ0n) is 32.1. The SMILES string of the molecule is CC(C)N(Cc1cccc(C(=O)N(Cc2cccc(C(=O)N(Cc3cccc(C(=O)OC(C)(C)C)c3)C(C)C)c2)C(C)C)c1)C(=O)c1ccccc1. The molecule has 52 heavy (non-hydrogen) atoms. The first-order valence-electron chi connectivity index (χ1n) is 18.0. The van der Waals surface area contributed by atoms with Crippen molar-refractivity contribution in [2.45, 2.75) is 106 Å². The molecule has 0 aliphatic carbocycles. The lowest BCUT2D eigenvalue weighted by atomic mass is 10.0. The van der Waals surface area contributed by atoms with Crippen LogP contribution in [0.2, 0.25) is 0 Å². The first kappa shape index (κ1) is 39.5. The molecule has 0 aliphatic heterocycles. The molecule has 0 bridgehead atoms. The van der Waals surface area contributed by atoms with Crippen LogP contribution in [-0.4, -0.2) is 62.1 Å². The molecule has 274 valence electrons. The van der Waals surface area contributed by atoms with Crippen LogP contribution in [0.1, 0.15) is 120 Å². The van der Waals surface area contributed by atoms with Crippen molar-refractivity contribution in [3.8, 4) is 0 Å². The van der Waals surface area contributed by atoms with E-state index in [2.05, 4.69) is 0 Å². The maximum absolute atomic E-state index is 14.0. The third-order valence-electron chi connectivity index (χ3n) is 8.64. The van der Waals surface area contributed by atoms with Crippen LogP contribution in [0.5, 0.6) is 0 Å². The highest BCUT2D eigenvalue weighted by atomic mass is 16.6. The summed E-state index contributed by atoms with van der Waals surface area (Å²) < 4.78 is 5.55. The second kappa shape index (κ2) is 17.3. The number of carbonyl (C=O) groups is 4. The van der Waals surface area contributed by atoms with Crippen molar-refractivity contribution in [2.75, 3.05) is 0 Å². The molecule has 0 N–H and O–H groups in total. The molecule has 0 aliphatic rings. The maximum Gasteiger partial charge on any atom is 0.338 e. The lowest BCUT2D eigenvalue weighted by Crippen LogP contribution is -2.38. The van der Waals surface area contributed by atoms with Gasteiger partial charge in [-0.2, -0.15) is 0 Å². The van der Waals surface area contributed by atoms with E-state index < -0.39 is 11.6 Å². The van der Waals surface area contributed by atoms with E-state index in [1.807, 2.05) is 135 Å². The van der Waals surface area contributed by atoms with Gasteiger partial charge in [-0.25, -0.2) is 4.79 Å². The first-order chi connectivity index (χ1) is 24.5. The number of nitrogens with zero attached hydrogens (tertiary/aromatic N) is 3. The van der Waals surface area contributed by atoms with Crippen LogP contribution in [0.4, 0.5) is 0 Å². The summed E-state index contributed by atoms with van der Waals surface area (Å²) in [6.07, 6.45) is 0. The number of ether oxygens (including phenoxy) is 1. The van der Waals surface area contributed by atoms with Crippen LogP contribution in [0.15, 0.2) is 103 Å². The molecule has 0 spiro atoms. The van der Waals surface area contributed by atoms with Gasteiger partial charge in [-0.05, 0) is 128 Å². The Labute approximate surface area is 309 Å². The smallest absolute Gasteiger partial charge is 0.338 e. The molecule has 4 aromatic rings. The van der Waals surface area contributed by atoms with Gasteiger partial charge in [0.25, 0.3) is 17.7 Å². The van der Waals surface area contributed by atoms with E-state index in [1.54, 1.807) is 45.0 Å². The fourth-order valence-electron chi connectivity index (χ4n) is 5.87. The molecule has 4 aromatic carbocycles. The summed E-state index contributed by atoms with van der Waals surface area (Å²) in [5.74, 6) is -0.741. The molecule has 3 amide bonds. The van der Waals surface area contributed by atoms with E-state index >= 15 is 0 Å². The molecule has 0 fully saturated rings. The Morgan fingerprint density at radius 3 is 1.17 bits per heavy atom. The normalized spacial score (nSPS) is 11.5. The van der Waals surface area contributed by atoms with Crippen molar-refractivity contribution in [1.29, 1.82) is 0 Å². The van der Waals surface area contributed by atoms with Gasteiger partial charge in [0.2, 0.25) is 0 Å². The van der Waals surface area contributed by atoms with Crippen molar-refractivity contribution >= 4 is 23.7 Å². The van der Waals surface area contributed by atoms with Gasteiger partial charge < -0.3 is 19.4 Å². The zero-order valence-corrected chi connectivity index (χ0v) is 32.1. The second-order valence-electron chi connectivity index (χ2n) is 15.0. The van der Waals surface area contributed by atoms with Gasteiger partial charge in [-0.1, -0.05) is 54.6 Å². The number of carbonyl (C=O) groups excluding carboxylic acids is 4. The minimum absolute atomic E-state index is 0.0387. The zero-order chi connectivity index (χ0) is 38.2. The first-order valence-corrected chi connectivity index (χ1v) is 18.0. The van der Waals surface area contributed by atoms with Crippen LogP contribution in [-0.2, 0) is 24.4 Å². The van der Waals surface area contributed by atoms with Crippen LogP contribution in [0, 0.1) is 0 Å². The van der Waals surface area contributed by atoms with E-state index in [-0.39, 0.29) is 35.8 Å². The molecule has 0 saturated heterocycles. The van der Waals surface area contributed by atoms with Gasteiger partial charge in [-0.3, -0.25) is 14.4 Å². The van der Waals surface area contributed by atoms with Crippen molar-refractivity contribution in [3.63, 3.8) is 0 Å². The summed E-state index contributed by atoms with van der Waals surface area (Å²) in [6, 6.07) is 31.0. The van der Waals surface area contributed by atoms with E-state index in [1.165, 1.54) is 0 Å². The van der Waals surface area contributed by atoms with E-state index in [0.29, 0.717) is 41.9 Å². The highest BCUT2D eigenvalue weighted by molar-refractivity contribution is 5.96. The van der Waals surface area contributed by atoms with Crippen LogP contribution < -0.4 is 0 Å². The van der Waals surface area contributed by atoms with E-state index in [9.17, 15) is 19.2 Å². The Balaban J connectivity index is 1.51. The predicted octanol–water partition coefficient (Wildman–Crippen LogP) is 8.79. The van der Waals surface area contributed by atoms with Crippen LogP contribution in [0.3, 0.4) is 0 Å². The monoisotopic (exact) mass is 703 g/mol. The summed E-state index contributed by atoms with van der Waals surface area (Å²) in [5.41, 5.74) is 4.02. The molecule has 0 heterocycles. The fourth-order valence-corrected chi connectivity index (χ4v) is 5.87. The molecule has 0 saturated carbocycles. The van der Waals surface area contributed by atoms with Crippen LogP contribution in [0.25, 0.3) is 0 Å².